The van der Waals surface area contributed by atoms with Crippen molar-refractivity contribution in [3.05, 3.63) is 24.3 Å². The van der Waals surface area contributed by atoms with Gasteiger partial charge in [-0.3, -0.25) is 9.79 Å². The van der Waals surface area contributed by atoms with Crippen LogP contribution in [0, 0.1) is 23.7 Å². The predicted molar refractivity (Wildman–Crippen MR) is 131 cm³/mol. The van der Waals surface area contributed by atoms with E-state index in [1.54, 1.807) is 0 Å². The highest BCUT2D eigenvalue weighted by atomic mass is 16.5. The SMILES string of the molecule is CC1CC=CC(C2CCCCN(C(=O)C3C=CC(OC(C)C)=NCCC3C)C2)OCCC1. The van der Waals surface area contributed by atoms with E-state index in [9.17, 15) is 4.79 Å². The first kappa shape index (κ1) is 25.0. The van der Waals surface area contributed by atoms with Gasteiger partial charge < -0.3 is 14.4 Å². The van der Waals surface area contributed by atoms with Crippen LogP contribution < -0.4 is 0 Å². The Morgan fingerprint density at radius 3 is 2.81 bits per heavy atom. The van der Waals surface area contributed by atoms with E-state index < -0.39 is 0 Å². The number of likely N-dealkylation sites (tertiary alicyclic amines) is 1. The Bertz CT molecular complexity index is 684. The van der Waals surface area contributed by atoms with Gasteiger partial charge in [0.25, 0.3) is 0 Å². The highest BCUT2D eigenvalue weighted by Gasteiger charge is 2.32. The third-order valence-corrected chi connectivity index (χ3v) is 7.05. The maximum absolute atomic E-state index is 13.7. The molecule has 5 unspecified atom stereocenters. The molecule has 3 rings (SSSR count). The van der Waals surface area contributed by atoms with Gasteiger partial charge in [0.05, 0.1) is 18.1 Å². The molecule has 0 bridgehead atoms. The molecule has 3 heterocycles. The quantitative estimate of drug-likeness (QED) is 0.547. The average molecular weight is 445 g/mol. The molecule has 32 heavy (non-hydrogen) atoms. The first-order chi connectivity index (χ1) is 15.4. The fraction of sp³-hybridized carbons (Fsp3) is 0.778. The van der Waals surface area contributed by atoms with Crippen molar-refractivity contribution in [1.82, 2.24) is 4.90 Å². The molecule has 1 amide bonds. The van der Waals surface area contributed by atoms with Gasteiger partial charge in [0.2, 0.25) is 11.8 Å². The second-order valence-corrected chi connectivity index (χ2v) is 10.3. The van der Waals surface area contributed by atoms with Crippen LogP contribution in [-0.2, 0) is 14.3 Å². The number of amides is 1. The number of carbonyl (C=O) groups excluding carboxylic acids is 1. The molecule has 5 heteroatoms. The molecule has 5 nitrogen and oxygen atoms in total. The van der Waals surface area contributed by atoms with E-state index in [1.807, 2.05) is 26.0 Å². The minimum atomic E-state index is -0.118. The van der Waals surface area contributed by atoms with E-state index in [2.05, 4.69) is 35.9 Å². The molecule has 1 fully saturated rings. The van der Waals surface area contributed by atoms with Crippen molar-refractivity contribution in [3.63, 3.8) is 0 Å². The smallest absolute Gasteiger partial charge is 0.229 e. The zero-order chi connectivity index (χ0) is 22.9. The monoisotopic (exact) mass is 444 g/mol. The molecule has 0 saturated carbocycles. The van der Waals surface area contributed by atoms with Crippen molar-refractivity contribution in [2.24, 2.45) is 28.7 Å². The summed E-state index contributed by atoms with van der Waals surface area (Å²) in [5.41, 5.74) is 0. The highest BCUT2D eigenvalue weighted by molar-refractivity contribution is 5.89. The fourth-order valence-electron chi connectivity index (χ4n) is 5.05. The lowest BCUT2D eigenvalue weighted by Crippen LogP contribution is -2.42. The number of aliphatic imine (C=N–C) groups is 1. The maximum Gasteiger partial charge on any atom is 0.229 e. The van der Waals surface area contributed by atoms with Crippen LogP contribution in [0.5, 0.6) is 0 Å². The lowest BCUT2D eigenvalue weighted by molar-refractivity contribution is -0.136. The van der Waals surface area contributed by atoms with Gasteiger partial charge in [0.1, 0.15) is 0 Å². The molecule has 0 aromatic heterocycles. The Kier molecular flexibility index (Phi) is 9.83. The van der Waals surface area contributed by atoms with Crippen molar-refractivity contribution < 1.29 is 14.3 Å². The number of ether oxygens (including phenoxy) is 2. The maximum atomic E-state index is 13.7. The molecular weight excluding hydrogens is 400 g/mol. The minimum Gasteiger partial charge on any atom is -0.475 e. The summed E-state index contributed by atoms with van der Waals surface area (Å²) in [5.74, 6) is 2.16. The van der Waals surface area contributed by atoms with Crippen LogP contribution >= 0.6 is 0 Å². The molecule has 180 valence electrons. The van der Waals surface area contributed by atoms with E-state index in [0.717, 1.165) is 64.1 Å². The summed E-state index contributed by atoms with van der Waals surface area (Å²) in [6, 6.07) is 0. The number of nitrogens with zero attached hydrogens (tertiary/aromatic N) is 2. The second-order valence-electron chi connectivity index (χ2n) is 10.3. The van der Waals surface area contributed by atoms with Crippen LogP contribution in [0.4, 0.5) is 0 Å². The van der Waals surface area contributed by atoms with Gasteiger partial charge >= 0.3 is 0 Å². The van der Waals surface area contributed by atoms with Crippen molar-refractivity contribution in [2.45, 2.75) is 84.8 Å². The normalized spacial score (nSPS) is 32.7. The van der Waals surface area contributed by atoms with Crippen LogP contribution in [0.1, 0.15) is 72.6 Å². The van der Waals surface area contributed by atoms with Crippen molar-refractivity contribution >= 4 is 11.8 Å². The van der Waals surface area contributed by atoms with Gasteiger partial charge in [-0.25, -0.2) is 0 Å². The topological polar surface area (TPSA) is 51.1 Å². The number of carbonyl (C=O) groups is 1. The third kappa shape index (κ3) is 7.47. The third-order valence-electron chi connectivity index (χ3n) is 7.05. The Morgan fingerprint density at radius 2 is 2.00 bits per heavy atom. The number of allylic oxidation sites excluding steroid dienone is 1. The summed E-state index contributed by atoms with van der Waals surface area (Å²) >= 11 is 0. The zero-order valence-electron chi connectivity index (χ0n) is 20.7. The predicted octanol–water partition coefficient (Wildman–Crippen LogP) is 5.41. The molecule has 3 aliphatic rings. The first-order valence-corrected chi connectivity index (χ1v) is 12.9. The molecule has 0 radical (unpaired) electrons. The fourth-order valence-corrected chi connectivity index (χ4v) is 5.05. The molecule has 5 atom stereocenters. The molecule has 0 spiro atoms. The number of hydrogen-bond donors (Lipinski definition) is 0. The molecule has 0 aliphatic carbocycles. The van der Waals surface area contributed by atoms with Gasteiger partial charge in [0.15, 0.2) is 0 Å². The van der Waals surface area contributed by atoms with E-state index in [0.29, 0.717) is 18.4 Å². The van der Waals surface area contributed by atoms with Crippen molar-refractivity contribution in [1.29, 1.82) is 0 Å². The Balaban J connectivity index is 1.70. The molecule has 0 N–H and O–H groups in total. The highest BCUT2D eigenvalue weighted by Crippen LogP contribution is 2.28. The van der Waals surface area contributed by atoms with Crippen molar-refractivity contribution in [3.8, 4) is 0 Å². The summed E-state index contributed by atoms with van der Waals surface area (Å²) < 4.78 is 12.1. The second kappa shape index (κ2) is 12.6. The number of hydrogen-bond acceptors (Lipinski definition) is 4. The van der Waals surface area contributed by atoms with Crippen LogP contribution in [0.2, 0.25) is 0 Å². The summed E-state index contributed by atoms with van der Waals surface area (Å²) in [5, 5.41) is 0. The van der Waals surface area contributed by atoms with Crippen LogP contribution in [-0.4, -0.2) is 55.2 Å². The van der Waals surface area contributed by atoms with Gasteiger partial charge in [-0.2, -0.15) is 0 Å². The molecule has 0 aromatic rings. The summed E-state index contributed by atoms with van der Waals surface area (Å²) in [6.45, 7) is 11.7. The average Bonchev–Trinajstić information content (AvgIpc) is 2.93. The minimum absolute atomic E-state index is 0.0831. The molecule has 1 saturated heterocycles. The summed E-state index contributed by atoms with van der Waals surface area (Å²) in [4.78, 5) is 20.4. The Morgan fingerprint density at radius 1 is 1.16 bits per heavy atom. The first-order valence-electron chi connectivity index (χ1n) is 12.9. The Hall–Kier alpha value is -1.62. The van der Waals surface area contributed by atoms with E-state index >= 15 is 0 Å². The number of rotatable bonds is 3. The van der Waals surface area contributed by atoms with Crippen LogP contribution in [0.3, 0.4) is 0 Å². The van der Waals surface area contributed by atoms with E-state index in [4.69, 9.17) is 9.47 Å². The lowest BCUT2D eigenvalue weighted by atomic mass is 9.88. The zero-order valence-corrected chi connectivity index (χ0v) is 20.7. The van der Waals surface area contributed by atoms with Gasteiger partial charge in [-0.15, -0.1) is 0 Å². The van der Waals surface area contributed by atoms with Gasteiger partial charge in [-0.1, -0.05) is 38.5 Å². The molecule has 3 aliphatic heterocycles. The lowest BCUT2D eigenvalue weighted by Gasteiger charge is -2.32. The van der Waals surface area contributed by atoms with Gasteiger partial charge in [-0.05, 0) is 70.3 Å². The molecule has 0 aromatic carbocycles. The van der Waals surface area contributed by atoms with Crippen molar-refractivity contribution in [2.75, 3.05) is 26.2 Å². The van der Waals surface area contributed by atoms with Crippen LogP contribution in [0.15, 0.2) is 29.3 Å². The van der Waals surface area contributed by atoms with E-state index in [-0.39, 0.29) is 30.0 Å². The standard InChI is InChI=1S/C27H44N2O3/c1-20(2)32-26-14-13-24(22(4)15-16-28-26)27(30)29-17-6-5-11-23(19-29)25-12-7-9-21(3)10-8-18-31-25/h7,12-14,20-25H,5-6,8-11,15-19H2,1-4H3. The summed E-state index contributed by atoms with van der Waals surface area (Å²) in [7, 11) is 0. The van der Waals surface area contributed by atoms with E-state index in [1.165, 1.54) is 6.42 Å². The molecular formula is C27H44N2O3. The van der Waals surface area contributed by atoms with Crippen LogP contribution in [0.25, 0.3) is 0 Å². The largest absolute Gasteiger partial charge is 0.475 e. The summed E-state index contributed by atoms with van der Waals surface area (Å²) in [6.07, 6.45) is 16.5. The Labute approximate surface area is 195 Å². The van der Waals surface area contributed by atoms with Gasteiger partial charge in [0, 0.05) is 32.2 Å².